The lowest BCUT2D eigenvalue weighted by Crippen LogP contribution is -2.63. The first-order valence-corrected chi connectivity index (χ1v) is 32.4. The number of esters is 2. The molecule has 98 heavy (non-hydrogen) atoms. The highest BCUT2D eigenvalue weighted by atomic mass is 16.8. The van der Waals surface area contributed by atoms with E-state index < -0.39 is 134 Å². The number of nitrogens with zero attached hydrogens (tertiary/aromatic N) is 6. The fraction of sp³-hybridized carbons (Fsp3) is 0.638. The van der Waals surface area contributed by atoms with Crippen LogP contribution >= 0.6 is 0 Å². The number of hydrogen-bond donors (Lipinski definition) is 0. The lowest BCUT2D eigenvalue weighted by Gasteiger charge is -2.51. The molecule has 0 saturated carbocycles. The first kappa shape index (κ1) is 81.1. The third-order valence-electron chi connectivity index (χ3n) is 17.8. The predicted molar refractivity (Wildman–Crippen MR) is 338 cm³/mol. The molecule has 5 fully saturated rings. The molecule has 29 nitrogen and oxygen atoms in total. The largest absolute Gasteiger partial charge is 0.463 e. The summed E-state index contributed by atoms with van der Waals surface area (Å²) in [6, 6.07) is 27.3. The molecule has 0 radical (unpaired) electrons. The Morgan fingerprint density at radius 2 is 0.776 bits per heavy atom. The van der Waals surface area contributed by atoms with Gasteiger partial charge in [-0.25, -0.2) is 0 Å². The molecule has 5 aliphatic heterocycles. The number of unbranched alkanes of at least 4 members (excludes halogenated alkanes) is 1. The molecule has 8 rings (SSSR count). The van der Waals surface area contributed by atoms with E-state index in [1.807, 2.05) is 146 Å². The number of carbonyl (C=O) groups excluding carboxylic acids is 8. The van der Waals surface area contributed by atoms with Gasteiger partial charge in [0.05, 0.1) is 87.3 Å². The van der Waals surface area contributed by atoms with Gasteiger partial charge in [-0.1, -0.05) is 143 Å². The van der Waals surface area contributed by atoms with Crippen molar-refractivity contribution in [3.63, 3.8) is 0 Å². The predicted octanol–water partition coefficient (Wildman–Crippen LogP) is 8.95. The number of terminal acetylenes is 1. The number of ether oxygens (including phenoxy) is 15. The van der Waals surface area contributed by atoms with E-state index in [0.717, 1.165) is 16.7 Å². The van der Waals surface area contributed by atoms with Crippen molar-refractivity contribution < 1.29 is 109 Å². The standard InChI is InChI=1S/C66H90N6O17.3CO2/c1-13-14-24-31-75-62-41(6)58(79-33-49-27-20-16-21-28-49)60(44(9)82-62)88-65-54(70-72-68)39(4)57(52(85-65)36-77-47(12)74)87-64-42(7)59(80-34-50-29-22-17-23-30-50)61(45(10)83-64)89-66-53(69-71-67)38(3)56(51(84-66)35-76-46(11)73)86-63-40(5)55(37(2)43(8)81-63)78-32-48-25-18-15-19-26-48;3*2-1-3/h1,15-23,25-30,37-45,51-66H,14,24,31-36H2,2-12H3;;;/t37-,38-,39-,40?,41?,42?,43?,44?,45?,51?,52?,53?,54?,55-,56+,57+,58+,59+,60-,61-,62-,63+,64+,65+,66+;;;/m1.../s1. The molecule has 5 saturated heterocycles. The van der Waals surface area contributed by atoms with Gasteiger partial charge < -0.3 is 71.1 Å². The normalized spacial score (nSPS) is 34.0. The fourth-order valence-electron chi connectivity index (χ4n) is 12.6. The van der Waals surface area contributed by atoms with Crippen LogP contribution in [0.2, 0.25) is 0 Å². The van der Waals surface area contributed by atoms with E-state index in [2.05, 4.69) is 32.9 Å². The lowest BCUT2D eigenvalue weighted by atomic mass is 9.85. The van der Waals surface area contributed by atoms with Gasteiger partial charge in [0.15, 0.2) is 31.5 Å². The van der Waals surface area contributed by atoms with Crippen LogP contribution in [-0.4, -0.2) is 167 Å². The van der Waals surface area contributed by atoms with Crippen molar-refractivity contribution in [1.29, 1.82) is 0 Å². The van der Waals surface area contributed by atoms with Crippen LogP contribution in [0, 0.1) is 47.9 Å². The summed E-state index contributed by atoms with van der Waals surface area (Å²) in [6.07, 6.45) is -6.12. The average molecular weight is 1370 g/mol. The summed E-state index contributed by atoms with van der Waals surface area (Å²) in [4.78, 5) is 80.4. The molecule has 25 atom stereocenters. The Balaban J connectivity index is 0.00000182. The molecule has 3 aromatic rings. The number of benzene rings is 3. The highest BCUT2D eigenvalue weighted by Crippen LogP contribution is 2.43. The second-order valence-corrected chi connectivity index (χ2v) is 24.5. The molecule has 10 unspecified atom stereocenters. The maximum Gasteiger partial charge on any atom is 0.373 e. The molecule has 0 amide bonds. The molecule has 0 spiro atoms. The molecular formula is C69H90N6O23. The maximum absolute atomic E-state index is 12.6. The minimum Gasteiger partial charge on any atom is -0.463 e. The van der Waals surface area contributed by atoms with Crippen molar-refractivity contribution in [3.05, 3.63) is 129 Å². The monoisotopic (exact) mass is 1370 g/mol. The third kappa shape index (κ3) is 23.5. The van der Waals surface area contributed by atoms with Crippen molar-refractivity contribution in [2.45, 2.75) is 226 Å². The van der Waals surface area contributed by atoms with E-state index in [4.69, 9.17) is 106 Å². The summed E-state index contributed by atoms with van der Waals surface area (Å²) < 4.78 is 99.0. The first-order chi connectivity index (χ1) is 47.1. The molecular weight excluding hydrogens is 1280 g/mol. The van der Waals surface area contributed by atoms with Gasteiger partial charge in [0.25, 0.3) is 0 Å². The second-order valence-electron chi connectivity index (χ2n) is 24.5. The Hall–Kier alpha value is -7.60. The first-order valence-electron chi connectivity index (χ1n) is 32.4. The summed E-state index contributed by atoms with van der Waals surface area (Å²) in [5.41, 5.74) is 23.2. The molecule has 0 aliphatic carbocycles. The minimum atomic E-state index is -1.24. The van der Waals surface area contributed by atoms with Gasteiger partial charge in [0.2, 0.25) is 0 Å². The zero-order valence-electron chi connectivity index (χ0n) is 56.9. The van der Waals surface area contributed by atoms with Crippen LogP contribution < -0.4 is 0 Å². The highest BCUT2D eigenvalue weighted by Gasteiger charge is 2.55. The molecule has 0 aromatic heterocycles. The average Bonchev–Trinajstić information content (AvgIpc) is 0.774. The summed E-state index contributed by atoms with van der Waals surface area (Å²) in [5.74, 6) is -0.915. The van der Waals surface area contributed by atoms with Gasteiger partial charge >= 0.3 is 30.4 Å². The van der Waals surface area contributed by atoms with Crippen LogP contribution in [0.5, 0.6) is 0 Å². The van der Waals surface area contributed by atoms with E-state index in [9.17, 15) is 20.7 Å². The third-order valence-corrected chi connectivity index (χ3v) is 17.8. The van der Waals surface area contributed by atoms with Crippen LogP contribution in [0.1, 0.15) is 106 Å². The molecule has 29 heteroatoms. The maximum atomic E-state index is 12.6. The van der Waals surface area contributed by atoms with Crippen LogP contribution in [0.3, 0.4) is 0 Å². The topological polar surface area (TPSA) is 373 Å². The van der Waals surface area contributed by atoms with E-state index in [1.165, 1.54) is 13.8 Å². The molecule has 0 bridgehead atoms. The van der Waals surface area contributed by atoms with E-state index in [-0.39, 0.29) is 74.8 Å². The Kier molecular flexibility index (Phi) is 35.1. The van der Waals surface area contributed by atoms with Gasteiger partial charge in [0, 0.05) is 53.8 Å². The molecule has 534 valence electrons. The minimum absolute atomic E-state index is 0.0209. The van der Waals surface area contributed by atoms with Crippen molar-refractivity contribution >= 4 is 30.4 Å². The SMILES string of the molecule is C#CCCCO[C@@H]1OC(C)[C@@H](O[C@@H]2OC(COC(C)=O)[C@@H](O[C@@H]3OC(C)[C@@H](O[C@@H]4OC(COC(C)=O)[C@@H](O[C@@H]5OC(C)[C@@H](C)[C@@H](OCc6ccccc6)C5C)[C@H](C)C4N=[N+]=[N-])[C@@H](OCc4ccccc4)C3C)[C@H](C)C2N=[N+]=[N-])[C@@H](OCc2ccccc2)C1C.O=C=O.O=C=O.O=C=O. The zero-order valence-corrected chi connectivity index (χ0v) is 56.9. The van der Waals surface area contributed by atoms with Crippen LogP contribution in [0.4, 0.5) is 0 Å². The summed E-state index contributed by atoms with van der Waals surface area (Å²) in [5, 5.41) is 8.55. The van der Waals surface area contributed by atoms with Crippen LogP contribution in [0.25, 0.3) is 20.9 Å². The summed E-state index contributed by atoms with van der Waals surface area (Å²) in [7, 11) is 0. The van der Waals surface area contributed by atoms with Crippen molar-refractivity contribution in [2.24, 2.45) is 45.7 Å². The van der Waals surface area contributed by atoms with E-state index in [0.29, 0.717) is 26.1 Å². The van der Waals surface area contributed by atoms with E-state index >= 15 is 0 Å². The smallest absolute Gasteiger partial charge is 0.373 e. The molecule has 5 aliphatic rings. The van der Waals surface area contributed by atoms with Gasteiger partial charge in [0.1, 0.15) is 37.6 Å². The Morgan fingerprint density at radius 3 is 1.14 bits per heavy atom. The Bertz CT molecular complexity index is 3100. The molecule has 5 heterocycles. The van der Waals surface area contributed by atoms with Crippen LogP contribution in [0.15, 0.2) is 101 Å². The zero-order chi connectivity index (χ0) is 71.8. The quantitative estimate of drug-likeness (QED) is 0.0171. The van der Waals surface area contributed by atoms with Crippen LogP contribution in [-0.2, 0) is 129 Å². The fourth-order valence-corrected chi connectivity index (χ4v) is 12.6. The Morgan fingerprint density at radius 1 is 0.439 bits per heavy atom. The lowest BCUT2D eigenvalue weighted by molar-refractivity contribution is -0.367. The summed E-state index contributed by atoms with van der Waals surface area (Å²) in [6.45, 7) is 20.7. The second kappa shape index (κ2) is 42.4. The number of carbonyl (C=O) groups is 2. The highest BCUT2D eigenvalue weighted by molar-refractivity contribution is 5.66. The van der Waals surface area contributed by atoms with E-state index in [1.54, 1.807) is 0 Å². The van der Waals surface area contributed by atoms with Gasteiger partial charge in [-0.3, -0.25) is 9.59 Å². The number of hydrogen-bond acceptors (Lipinski definition) is 25. The molecule has 3 aromatic carbocycles. The number of azide groups is 2. The van der Waals surface area contributed by atoms with Crippen molar-refractivity contribution in [3.8, 4) is 12.3 Å². The van der Waals surface area contributed by atoms with Crippen molar-refractivity contribution in [2.75, 3.05) is 19.8 Å². The van der Waals surface area contributed by atoms with Gasteiger partial charge in [-0.15, -0.1) is 12.3 Å². The van der Waals surface area contributed by atoms with Crippen molar-refractivity contribution in [1.82, 2.24) is 0 Å². The Labute approximate surface area is 569 Å². The van der Waals surface area contributed by atoms with Gasteiger partial charge in [-0.2, -0.15) is 28.8 Å². The molecule has 0 N–H and O–H groups in total. The van der Waals surface area contributed by atoms with Gasteiger partial charge in [-0.05, 0) is 66.8 Å². The number of rotatable bonds is 27. The summed E-state index contributed by atoms with van der Waals surface area (Å²) >= 11 is 0.